The van der Waals surface area contributed by atoms with E-state index in [0.29, 0.717) is 23.1 Å². The molecule has 0 bridgehead atoms. The molecule has 0 saturated carbocycles. The zero-order valence-electron chi connectivity index (χ0n) is 30.1. The Morgan fingerprint density at radius 2 is 1.27 bits per heavy atom. The maximum absolute atomic E-state index is 12.4. The highest BCUT2D eigenvalue weighted by atomic mass is 32.2. The molecule has 1 aliphatic rings. The molecule has 8 aromatic rings. The van der Waals surface area contributed by atoms with E-state index in [9.17, 15) is 8.42 Å². The number of hydrogen-bond donors (Lipinski definition) is 0. The summed E-state index contributed by atoms with van der Waals surface area (Å²) in [6, 6.07) is 49.9. The average Bonchev–Trinajstić information content (AvgIpc) is 3.92. The topological polar surface area (TPSA) is 90.2 Å². The van der Waals surface area contributed by atoms with E-state index in [2.05, 4.69) is 135 Å². The minimum Gasteiger partial charge on any atom is -0.378 e. The summed E-state index contributed by atoms with van der Waals surface area (Å²) in [5, 5.41) is 6.40. The fraction of sp³-hybridized carbons (Fsp3) is 0.133. The van der Waals surface area contributed by atoms with Gasteiger partial charge in [0.2, 0.25) is 0 Å². The summed E-state index contributed by atoms with van der Waals surface area (Å²) >= 11 is 1.22. The molecule has 55 heavy (non-hydrogen) atoms. The Morgan fingerprint density at radius 3 is 1.85 bits per heavy atom. The predicted molar refractivity (Wildman–Crippen MR) is 220 cm³/mol. The van der Waals surface area contributed by atoms with Crippen LogP contribution in [0.3, 0.4) is 0 Å². The molecular weight excluding hydrogens is 723 g/mol. The summed E-state index contributed by atoms with van der Waals surface area (Å²) in [6.45, 7) is 3.13. The Kier molecular flexibility index (Phi) is 9.09. The van der Waals surface area contributed by atoms with Gasteiger partial charge in [0.15, 0.2) is 9.84 Å². The number of nitrogens with zero attached hydrogens (tertiary/aromatic N) is 5. The van der Waals surface area contributed by atoms with Crippen LogP contribution in [0.1, 0.15) is 16.7 Å². The van der Waals surface area contributed by atoms with Crippen molar-refractivity contribution >= 4 is 37.8 Å². The van der Waals surface area contributed by atoms with Crippen molar-refractivity contribution in [2.75, 3.05) is 37.5 Å². The van der Waals surface area contributed by atoms with Gasteiger partial charge in [-0.1, -0.05) is 109 Å². The highest BCUT2D eigenvalue weighted by molar-refractivity contribution is 7.92. The number of anilines is 1. The fourth-order valence-corrected chi connectivity index (χ4v) is 9.56. The molecule has 0 atom stereocenters. The summed E-state index contributed by atoms with van der Waals surface area (Å²) in [7, 11) is -3.37. The van der Waals surface area contributed by atoms with Crippen molar-refractivity contribution in [3.63, 3.8) is 0 Å². The van der Waals surface area contributed by atoms with E-state index < -0.39 is 15.4 Å². The normalized spacial score (nSPS) is 13.7. The molecule has 1 fully saturated rings. The van der Waals surface area contributed by atoms with Gasteiger partial charge in [-0.2, -0.15) is 5.10 Å². The Balaban J connectivity index is 1.29. The Morgan fingerprint density at radius 1 is 0.673 bits per heavy atom. The second-order valence-corrected chi connectivity index (χ2v) is 17.0. The van der Waals surface area contributed by atoms with Gasteiger partial charge >= 0.3 is 0 Å². The van der Waals surface area contributed by atoms with Crippen LogP contribution in [0.4, 0.5) is 5.69 Å². The average molecular weight is 760 g/mol. The van der Waals surface area contributed by atoms with Crippen LogP contribution in [-0.4, -0.2) is 60.7 Å². The van der Waals surface area contributed by atoms with Crippen LogP contribution in [-0.2, 0) is 20.1 Å². The molecular formula is C45H37N5O3S2. The van der Waals surface area contributed by atoms with Crippen molar-refractivity contribution in [2.24, 2.45) is 0 Å². The number of sulfone groups is 1. The molecule has 0 radical (unpaired) electrons. The first-order valence-electron chi connectivity index (χ1n) is 18.1. The lowest BCUT2D eigenvalue weighted by Crippen LogP contribution is -2.38. The summed E-state index contributed by atoms with van der Waals surface area (Å²) in [5.74, 6) is 0. The van der Waals surface area contributed by atoms with Gasteiger partial charge in [0.25, 0.3) is 0 Å². The minimum absolute atomic E-state index is 0.300. The fourth-order valence-electron chi connectivity index (χ4n) is 7.62. The van der Waals surface area contributed by atoms with Crippen LogP contribution in [0.15, 0.2) is 162 Å². The van der Waals surface area contributed by atoms with Gasteiger partial charge in [0, 0.05) is 47.7 Å². The lowest BCUT2D eigenvalue weighted by atomic mass is 9.77. The molecule has 5 aromatic carbocycles. The molecule has 1 aliphatic heterocycles. The number of ether oxygens (including phenoxy) is 1. The molecule has 4 heterocycles. The highest BCUT2D eigenvalue weighted by Crippen LogP contribution is 2.44. The minimum atomic E-state index is -3.37. The van der Waals surface area contributed by atoms with E-state index in [4.69, 9.17) is 9.84 Å². The molecule has 1 saturated heterocycles. The van der Waals surface area contributed by atoms with Gasteiger partial charge in [-0.15, -0.1) is 11.3 Å². The number of fused-ring (bicyclic) bond motifs is 1. The van der Waals surface area contributed by atoms with Crippen molar-refractivity contribution in [1.29, 1.82) is 0 Å². The number of morpholine rings is 1. The third-order valence-corrected chi connectivity index (χ3v) is 13.2. The van der Waals surface area contributed by atoms with Crippen molar-refractivity contribution < 1.29 is 13.2 Å². The molecule has 272 valence electrons. The molecule has 8 nitrogen and oxygen atoms in total. The zero-order chi connectivity index (χ0) is 37.4. The molecule has 0 aliphatic carbocycles. The number of benzene rings is 5. The van der Waals surface area contributed by atoms with Crippen LogP contribution in [0.5, 0.6) is 0 Å². The van der Waals surface area contributed by atoms with Crippen LogP contribution >= 0.6 is 11.3 Å². The third kappa shape index (κ3) is 6.42. The zero-order valence-corrected chi connectivity index (χ0v) is 31.7. The molecule has 9 rings (SSSR count). The van der Waals surface area contributed by atoms with Crippen LogP contribution in [0.2, 0.25) is 0 Å². The maximum atomic E-state index is 12.4. The van der Waals surface area contributed by atoms with Crippen LogP contribution < -0.4 is 4.90 Å². The van der Waals surface area contributed by atoms with Crippen molar-refractivity contribution in [3.05, 3.63) is 175 Å². The molecule has 0 unspecified atom stereocenters. The van der Waals surface area contributed by atoms with E-state index in [-0.39, 0.29) is 0 Å². The van der Waals surface area contributed by atoms with Gasteiger partial charge in [0.05, 0.1) is 29.3 Å². The summed E-state index contributed by atoms with van der Waals surface area (Å²) < 4.78 is 32.9. The lowest BCUT2D eigenvalue weighted by Gasteiger charge is -2.36. The maximum Gasteiger partial charge on any atom is 0.184 e. The number of thiophene rings is 1. The summed E-state index contributed by atoms with van der Waals surface area (Å²) in [4.78, 5) is 12.4. The Hall–Kier alpha value is -5.94. The van der Waals surface area contributed by atoms with E-state index in [1.807, 2.05) is 30.3 Å². The quantitative estimate of drug-likeness (QED) is 0.136. The number of hydrogen-bond acceptors (Lipinski definition) is 8. The van der Waals surface area contributed by atoms with Crippen LogP contribution in [0, 0.1) is 0 Å². The van der Waals surface area contributed by atoms with Crippen molar-refractivity contribution in [3.8, 4) is 33.0 Å². The first-order chi connectivity index (χ1) is 26.9. The SMILES string of the molecule is CS(=O)(=O)c1ccc(-c2ncnc3ccc(-c4cn(C(c5ccccc5)(c5ccccc5)c5ccccc5)nc4-c4ccc(N5CCOCC5)cc4)cc23)s1. The van der Waals surface area contributed by atoms with E-state index >= 15 is 0 Å². The number of rotatable bonds is 9. The summed E-state index contributed by atoms with van der Waals surface area (Å²) in [5.41, 5.74) is 8.67. The lowest BCUT2D eigenvalue weighted by molar-refractivity contribution is 0.122. The van der Waals surface area contributed by atoms with E-state index in [1.165, 1.54) is 23.9 Å². The van der Waals surface area contributed by atoms with Gasteiger partial charge in [-0.05, 0) is 58.7 Å². The Labute approximate surface area is 324 Å². The van der Waals surface area contributed by atoms with Gasteiger partial charge in [0.1, 0.15) is 21.8 Å². The predicted octanol–water partition coefficient (Wildman–Crippen LogP) is 8.97. The van der Waals surface area contributed by atoms with Crippen LogP contribution in [0.25, 0.3) is 43.9 Å². The Bertz CT molecular complexity index is 2610. The second-order valence-electron chi connectivity index (χ2n) is 13.6. The summed E-state index contributed by atoms with van der Waals surface area (Å²) in [6.07, 6.45) is 4.92. The van der Waals surface area contributed by atoms with Gasteiger partial charge in [-0.3, -0.25) is 4.68 Å². The molecule has 10 heteroatoms. The standard InChI is InChI=1S/C45H37N5O3S2/c1-55(51,52)42-24-23-41(54-42)44-38-29-33(19-22-40(38)46-31-47-44)39-30-50(48-43(39)32-17-20-37(21-18-32)49-25-27-53-28-26-49)45(34-11-5-2-6-12-34,35-13-7-3-8-14-35)36-15-9-4-10-16-36/h2-24,29-31H,25-28H2,1H3. The van der Waals surface area contributed by atoms with E-state index in [0.717, 1.165) is 73.6 Å². The van der Waals surface area contributed by atoms with Gasteiger partial charge in [-0.25, -0.2) is 18.4 Å². The first-order valence-corrected chi connectivity index (χ1v) is 20.9. The van der Waals surface area contributed by atoms with Gasteiger partial charge < -0.3 is 9.64 Å². The molecule has 0 amide bonds. The van der Waals surface area contributed by atoms with E-state index in [1.54, 1.807) is 6.07 Å². The third-order valence-electron chi connectivity index (χ3n) is 10.3. The largest absolute Gasteiger partial charge is 0.378 e. The molecule has 0 N–H and O–H groups in total. The molecule has 3 aromatic heterocycles. The monoisotopic (exact) mass is 759 g/mol. The first kappa shape index (κ1) is 34.8. The second kappa shape index (κ2) is 14.4. The smallest absolute Gasteiger partial charge is 0.184 e. The van der Waals surface area contributed by atoms with Crippen molar-refractivity contribution in [2.45, 2.75) is 9.75 Å². The highest BCUT2D eigenvalue weighted by Gasteiger charge is 2.40. The van der Waals surface area contributed by atoms with Crippen molar-refractivity contribution in [1.82, 2.24) is 19.7 Å². The number of aromatic nitrogens is 4. The molecule has 0 spiro atoms.